The first-order valence-electron chi connectivity index (χ1n) is 13.2. The van der Waals surface area contributed by atoms with Crippen molar-refractivity contribution in [2.45, 2.75) is 6.54 Å². The van der Waals surface area contributed by atoms with E-state index in [0.29, 0.717) is 33.9 Å². The maximum absolute atomic E-state index is 11.3. The van der Waals surface area contributed by atoms with E-state index in [-0.39, 0.29) is 5.56 Å². The molecule has 0 bridgehead atoms. The molecule has 6 nitrogen and oxygen atoms in total. The van der Waals surface area contributed by atoms with E-state index >= 15 is 0 Å². The van der Waals surface area contributed by atoms with Gasteiger partial charge in [-0.1, -0.05) is 47.2 Å². The van der Waals surface area contributed by atoms with E-state index in [2.05, 4.69) is 11.8 Å². The second-order valence-electron chi connectivity index (χ2n) is 9.51. The van der Waals surface area contributed by atoms with Gasteiger partial charge in [-0.2, -0.15) is 0 Å². The van der Waals surface area contributed by atoms with Gasteiger partial charge in [0.25, 0.3) is 0 Å². The average Bonchev–Trinajstić information content (AvgIpc) is 3.41. The highest BCUT2D eigenvalue weighted by molar-refractivity contribution is 6.36. The molecule has 0 unspecified atom stereocenters. The molecule has 0 amide bonds. The van der Waals surface area contributed by atoms with E-state index in [1.807, 2.05) is 71.4 Å². The van der Waals surface area contributed by atoms with Gasteiger partial charge in [-0.25, -0.2) is 9.78 Å². The standard InChI is InChI=1S/C35H26Cl2N2O4/c1-42-29-14-7-23(8-15-29)3-4-24-9-17-33(43-2)27(19-24)12-18-34-38-32(30-16-13-28(36)20-31(30)37)22-39(34)21-25-5-10-26(11-6-25)35(40)41/h5-20,22H,21H2,1-2H3,(H,40,41)/b18-12+. The molecule has 0 fully saturated rings. The number of aromatic nitrogens is 2. The molecular weight excluding hydrogens is 583 g/mol. The average molecular weight is 610 g/mol. The summed E-state index contributed by atoms with van der Waals surface area (Å²) >= 11 is 12.6. The fourth-order valence-corrected chi connectivity index (χ4v) is 4.90. The van der Waals surface area contributed by atoms with Crippen molar-refractivity contribution in [2.75, 3.05) is 14.2 Å². The van der Waals surface area contributed by atoms with Crippen LogP contribution in [0.1, 0.15) is 38.4 Å². The third kappa shape index (κ3) is 7.28. The van der Waals surface area contributed by atoms with Crippen LogP contribution in [0, 0.1) is 11.8 Å². The van der Waals surface area contributed by atoms with E-state index < -0.39 is 5.97 Å². The van der Waals surface area contributed by atoms with Crippen LogP contribution < -0.4 is 9.47 Å². The van der Waals surface area contributed by atoms with Gasteiger partial charge >= 0.3 is 5.97 Å². The van der Waals surface area contributed by atoms with E-state index in [4.69, 9.17) is 37.7 Å². The number of nitrogens with zero attached hydrogens (tertiary/aromatic N) is 2. The lowest BCUT2D eigenvalue weighted by Gasteiger charge is -2.07. The van der Waals surface area contributed by atoms with Crippen LogP contribution in [0.15, 0.2) is 91.1 Å². The van der Waals surface area contributed by atoms with Crippen molar-refractivity contribution in [3.8, 4) is 34.6 Å². The summed E-state index contributed by atoms with van der Waals surface area (Å²) in [6, 6.07) is 25.4. The minimum Gasteiger partial charge on any atom is -0.497 e. The van der Waals surface area contributed by atoms with Crippen molar-refractivity contribution in [3.63, 3.8) is 0 Å². The van der Waals surface area contributed by atoms with E-state index in [9.17, 15) is 9.90 Å². The summed E-state index contributed by atoms with van der Waals surface area (Å²) in [7, 11) is 3.25. The van der Waals surface area contributed by atoms with Crippen LogP contribution in [0.25, 0.3) is 23.4 Å². The number of hydrogen-bond acceptors (Lipinski definition) is 4. The number of hydrogen-bond donors (Lipinski definition) is 1. The second-order valence-corrected chi connectivity index (χ2v) is 10.4. The summed E-state index contributed by atoms with van der Waals surface area (Å²) in [6.45, 7) is 0.461. The van der Waals surface area contributed by atoms with Gasteiger partial charge in [0.2, 0.25) is 0 Å². The molecule has 1 heterocycles. The Morgan fingerprint density at radius 2 is 1.60 bits per heavy atom. The maximum atomic E-state index is 11.3. The van der Waals surface area contributed by atoms with Gasteiger partial charge < -0.3 is 19.1 Å². The number of methoxy groups -OCH3 is 2. The Kier molecular flexibility index (Phi) is 9.17. The van der Waals surface area contributed by atoms with Gasteiger partial charge in [0, 0.05) is 40.0 Å². The zero-order valence-corrected chi connectivity index (χ0v) is 24.9. The number of aromatic carboxylic acids is 1. The zero-order valence-electron chi connectivity index (χ0n) is 23.3. The normalized spacial score (nSPS) is 10.8. The highest BCUT2D eigenvalue weighted by Crippen LogP contribution is 2.31. The molecule has 0 saturated carbocycles. The van der Waals surface area contributed by atoms with Crippen LogP contribution in [0.4, 0.5) is 0 Å². The quantitative estimate of drug-likeness (QED) is 0.180. The smallest absolute Gasteiger partial charge is 0.335 e. The van der Waals surface area contributed by atoms with Gasteiger partial charge in [0.1, 0.15) is 17.3 Å². The van der Waals surface area contributed by atoms with Gasteiger partial charge in [-0.15, -0.1) is 0 Å². The Hall–Kier alpha value is -4.96. The molecular formula is C35H26Cl2N2O4. The molecule has 0 aliphatic heterocycles. The predicted octanol–water partition coefficient (Wildman–Crippen LogP) is 8.19. The Morgan fingerprint density at radius 3 is 2.28 bits per heavy atom. The van der Waals surface area contributed by atoms with E-state index in [1.54, 1.807) is 50.6 Å². The number of benzene rings is 4. The lowest BCUT2D eigenvalue weighted by Crippen LogP contribution is -2.02. The Labute approximate surface area is 259 Å². The molecule has 8 heteroatoms. The third-order valence-corrected chi connectivity index (χ3v) is 7.20. The summed E-state index contributed by atoms with van der Waals surface area (Å²) in [6.07, 6.45) is 5.74. The van der Waals surface area contributed by atoms with Crippen molar-refractivity contribution in [1.82, 2.24) is 9.55 Å². The van der Waals surface area contributed by atoms with Crippen LogP contribution in [-0.2, 0) is 6.54 Å². The Bertz CT molecular complexity index is 1870. The van der Waals surface area contributed by atoms with E-state index in [0.717, 1.165) is 33.6 Å². The number of rotatable bonds is 8. The number of halogens is 2. The van der Waals surface area contributed by atoms with Crippen molar-refractivity contribution in [1.29, 1.82) is 0 Å². The molecule has 0 atom stereocenters. The first kappa shape index (κ1) is 29.5. The molecule has 1 N–H and O–H groups in total. The van der Waals surface area contributed by atoms with Crippen LogP contribution in [-0.4, -0.2) is 34.8 Å². The largest absolute Gasteiger partial charge is 0.497 e. The highest BCUT2D eigenvalue weighted by Gasteiger charge is 2.13. The number of carbonyl (C=O) groups is 1. The SMILES string of the molecule is COc1ccc(C#Cc2ccc(OC)c(/C=C/c3nc(-c4ccc(Cl)cc4Cl)cn3Cc3ccc(C(=O)O)cc3)c2)cc1. The van der Waals surface area contributed by atoms with Crippen LogP contribution in [0.3, 0.4) is 0 Å². The fraction of sp³-hybridized carbons (Fsp3) is 0.0857. The molecule has 5 aromatic rings. The summed E-state index contributed by atoms with van der Waals surface area (Å²) in [5.41, 5.74) is 5.09. The van der Waals surface area contributed by atoms with E-state index in [1.165, 1.54) is 0 Å². The summed E-state index contributed by atoms with van der Waals surface area (Å²) < 4.78 is 12.8. The van der Waals surface area contributed by atoms with Gasteiger partial charge in [0.15, 0.2) is 0 Å². The summed E-state index contributed by atoms with van der Waals surface area (Å²) in [5, 5.41) is 10.3. The van der Waals surface area contributed by atoms with Crippen LogP contribution in [0.2, 0.25) is 10.0 Å². The maximum Gasteiger partial charge on any atom is 0.335 e. The molecule has 0 aliphatic rings. The second kappa shape index (κ2) is 13.3. The lowest BCUT2D eigenvalue weighted by molar-refractivity contribution is 0.0697. The number of ether oxygens (including phenoxy) is 2. The molecule has 5 rings (SSSR count). The monoisotopic (exact) mass is 608 g/mol. The molecule has 0 radical (unpaired) electrons. The van der Waals surface area contributed by atoms with Crippen molar-refractivity contribution in [3.05, 3.63) is 135 Å². The lowest BCUT2D eigenvalue weighted by atomic mass is 10.1. The Balaban J connectivity index is 1.49. The molecule has 4 aromatic carbocycles. The molecule has 214 valence electrons. The van der Waals surface area contributed by atoms with Crippen molar-refractivity contribution >= 4 is 41.3 Å². The van der Waals surface area contributed by atoms with Gasteiger partial charge in [-0.3, -0.25) is 0 Å². The van der Waals surface area contributed by atoms with Crippen LogP contribution >= 0.6 is 23.2 Å². The third-order valence-electron chi connectivity index (χ3n) is 6.65. The molecule has 0 spiro atoms. The first-order valence-corrected chi connectivity index (χ1v) is 14.0. The van der Waals surface area contributed by atoms with Crippen LogP contribution in [0.5, 0.6) is 11.5 Å². The summed E-state index contributed by atoms with van der Waals surface area (Å²) in [5.74, 6) is 7.56. The topological polar surface area (TPSA) is 73.6 Å². The first-order chi connectivity index (χ1) is 20.8. The summed E-state index contributed by atoms with van der Waals surface area (Å²) in [4.78, 5) is 16.2. The molecule has 0 saturated heterocycles. The predicted molar refractivity (Wildman–Crippen MR) is 171 cm³/mol. The molecule has 43 heavy (non-hydrogen) atoms. The van der Waals surface area contributed by atoms with Gasteiger partial charge in [-0.05, 0) is 90.5 Å². The minimum atomic E-state index is -0.970. The zero-order chi connectivity index (χ0) is 30.3. The van der Waals surface area contributed by atoms with Crippen molar-refractivity contribution < 1.29 is 19.4 Å². The Morgan fingerprint density at radius 1 is 0.884 bits per heavy atom. The number of carboxylic acids is 1. The molecule has 0 aliphatic carbocycles. The fourth-order valence-electron chi connectivity index (χ4n) is 4.39. The molecule has 1 aromatic heterocycles. The highest BCUT2D eigenvalue weighted by atomic mass is 35.5. The van der Waals surface area contributed by atoms with Crippen molar-refractivity contribution in [2.24, 2.45) is 0 Å². The van der Waals surface area contributed by atoms with Gasteiger partial charge in [0.05, 0.1) is 30.5 Å². The number of carboxylic acid groups (broad SMARTS) is 1. The number of imidazole rings is 1. The minimum absolute atomic E-state index is 0.227.